The van der Waals surface area contributed by atoms with E-state index in [0.717, 1.165) is 42.6 Å². The summed E-state index contributed by atoms with van der Waals surface area (Å²) in [6.07, 6.45) is 7.32. The summed E-state index contributed by atoms with van der Waals surface area (Å²) in [4.78, 5) is 22.6. The van der Waals surface area contributed by atoms with Crippen LogP contribution in [0.5, 0.6) is 11.6 Å². The number of nitrogen functional groups attached to an aromatic ring is 1. The van der Waals surface area contributed by atoms with Gasteiger partial charge in [0.15, 0.2) is 11.6 Å². The second-order valence-electron chi connectivity index (χ2n) is 8.31. The average Bonchev–Trinajstić information content (AvgIpc) is 3.28. The molecule has 10 nitrogen and oxygen atoms in total. The van der Waals surface area contributed by atoms with Crippen LogP contribution in [0.15, 0.2) is 36.8 Å². The molecule has 0 aliphatic carbocycles. The molecule has 1 fully saturated rings. The second kappa shape index (κ2) is 9.86. The standard InChI is InChI=1S/C23H30N8O2/c1-15-10-16(4-5-17(15)11-27-23(32)25-2)20-13-26-21(24)22(29-20)33-19-12-28-31(14-19)18-6-8-30(3)9-7-18/h4-5,10,12-14,18H,6-9,11H2,1-3H3,(H2,24,26)(H2,25,27,32). The molecule has 174 valence electrons. The first-order chi connectivity index (χ1) is 15.9. The molecular formula is C23H30N8O2. The van der Waals surface area contributed by atoms with E-state index in [1.165, 1.54) is 0 Å². The van der Waals surface area contributed by atoms with Crippen molar-refractivity contribution in [3.63, 3.8) is 0 Å². The lowest BCUT2D eigenvalue weighted by atomic mass is 10.0. The maximum Gasteiger partial charge on any atom is 0.314 e. The molecule has 1 aliphatic rings. The summed E-state index contributed by atoms with van der Waals surface area (Å²) in [7, 11) is 3.73. The molecule has 0 radical (unpaired) electrons. The van der Waals surface area contributed by atoms with E-state index in [9.17, 15) is 4.79 Å². The molecule has 2 amide bonds. The van der Waals surface area contributed by atoms with Gasteiger partial charge in [0.25, 0.3) is 5.88 Å². The number of benzene rings is 1. The van der Waals surface area contributed by atoms with Crippen LogP contribution in [0, 0.1) is 6.92 Å². The van der Waals surface area contributed by atoms with Crippen LogP contribution in [-0.4, -0.2) is 57.9 Å². The van der Waals surface area contributed by atoms with Crippen LogP contribution < -0.4 is 21.1 Å². The normalized spacial score (nSPS) is 14.8. The summed E-state index contributed by atoms with van der Waals surface area (Å²) in [6.45, 7) is 4.54. The molecule has 3 heterocycles. The molecule has 2 aromatic heterocycles. The Morgan fingerprint density at radius 3 is 2.79 bits per heavy atom. The fourth-order valence-corrected chi connectivity index (χ4v) is 3.86. The minimum atomic E-state index is -0.219. The summed E-state index contributed by atoms with van der Waals surface area (Å²) in [5, 5.41) is 9.82. The predicted octanol–water partition coefficient (Wildman–Crippen LogP) is 2.72. The van der Waals surface area contributed by atoms with E-state index in [2.05, 4.69) is 37.6 Å². The number of anilines is 1. The van der Waals surface area contributed by atoms with Crippen LogP contribution in [0.4, 0.5) is 10.6 Å². The molecule has 3 aromatic rings. The second-order valence-corrected chi connectivity index (χ2v) is 8.31. The van der Waals surface area contributed by atoms with Crippen molar-refractivity contribution in [1.29, 1.82) is 0 Å². The lowest BCUT2D eigenvalue weighted by molar-refractivity contribution is 0.212. The van der Waals surface area contributed by atoms with Crippen LogP contribution >= 0.6 is 0 Å². The number of aryl methyl sites for hydroxylation is 1. The molecule has 0 atom stereocenters. The zero-order valence-electron chi connectivity index (χ0n) is 19.2. The van der Waals surface area contributed by atoms with Crippen molar-refractivity contribution < 1.29 is 9.53 Å². The van der Waals surface area contributed by atoms with Crippen molar-refractivity contribution >= 4 is 11.8 Å². The van der Waals surface area contributed by atoms with Gasteiger partial charge < -0.3 is 26.0 Å². The number of aromatic nitrogens is 4. The summed E-state index contributed by atoms with van der Waals surface area (Å²) >= 11 is 0. The van der Waals surface area contributed by atoms with E-state index in [1.54, 1.807) is 19.4 Å². The van der Waals surface area contributed by atoms with E-state index in [1.807, 2.05) is 36.0 Å². The number of carbonyl (C=O) groups is 1. The zero-order chi connectivity index (χ0) is 23.4. The minimum absolute atomic E-state index is 0.217. The molecule has 1 saturated heterocycles. The highest BCUT2D eigenvalue weighted by molar-refractivity contribution is 5.73. The zero-order valence-corrected chi connectivity index (χ0v) is 19.2. The Kier molecular flexibility index (Phi) is 6.74. The van der Waals surface area contributed by atoms with Crippen molar-refractivity contribution in [1.82, 2.24) is 35.3 Å². The third-order valence-corrected chi connectivity index (χ3v) is 5.93. The van der Waals surface area contributed by atoms with Crippen LogP contribution in [0.3, 0.4) is 0 Å². The number of nitrogens with two attached hydrogens (primary N) is 1. The Morgan fingerprint density at radius 2 is 2.06 bits per heavy atom. The first-order valence-electron chi connectivity index (χ1n) is 11.0. The van der Waals surface area contributed by atoms with Gasteiger partial charge in [-0.05, 0) is 57.1 Å². The van der Waals surface area contributed by atoms with Gasteiger partial charge in [0.05, 0.1) is 30.3 Å². The number of hydrogen-bond acceptors (Lipinski definition) is 7. The van der Waals surface area contributed by atoms with E-state index < -0.39 is 0 Å². The smallest absolute Gasteiger partial charge is 0.314 e. The number of hydrogen-bond donors (Lipinski definition) is 3. The van der Waals surface area contributed by atoms with E-state index >= 15 is 0 Å². The number of likely N-dealkylation sites (tertiary alicyclic amines) is 1. The molecule has 33 heavy (non-hydrogen) atoms. The van der Waals surface area contributed by atoms with Crippen LogP contribution in [0.25, 0.3) is 11.3 Å². The van der Waals surface area contributed by atoms with Gasteiger partial charge in [-0.3, -0.25) is 4.68 Å². The third-order valence-electron chi connectivity index (χ3n) is 5.93. The molecule has 4 N–H and O–H groups in total. The van der Waals surface area contributed by atoms with Gasteiger partial charge in [-0.2, -0.15) is 5.10 Å². The SMILES string of the molecule is CNC(=O)NCc1ccc(-c2cnc(N)c(Oc3cnn(C4CCN(C)CC4)c3)n2)cc1C. The summed E-state index contributed by atoms with van der Waals surface area (Å²) in [5.41, 5.74) is 9.62. The molecule has 0 unspecified atom stereocenters. The van der Waals surface area contributed by atoms with Crippen LogP contribution in [0.2, 0.25) is 0 Å². The fraction of sp³-hybridized carbons (Fsp3) is 0.391. The molecule has 4 rings (SSSR count). The number of ether oxygens (including phenoxy) is 1. The Morgan fingerprint density at radius 1 is 1.27 bits per heavy atom. The topological polar surface area (TPSA) is 123 Å². The van der Waals surface area contributed by atoms with Gasteiger partial charge in [-0.15, -0.1) is 0 Å². The molecule has 0 saturated carbocycles. The molecular weight excluding hydrogens is 420 g/mol. The minimum Gasteiger partial charge on any atom is -0.433 e. The molecule has 0 spiro atoms. The first-order valence-corrected chi connectivity index (χ1v) is 11.0. The highest BCUT2D eigenvalue weighted by Gasteiger charge is 2.20. The largest absolute Gasteiger partial charge is 0.433 e. The quantitative estimate of drug-likeness (QED) is 0.528. The first kappa shape index (κ1) is 22.5. The Balaban J connectivity index is 1.48. The highest BCUT2D eigenvalue weighted by Crippen LogP contribution is 2.29. The summed E-state index contributed by atoms with van der Waals surface area (Å²) < 4.78 is 7.91. The number of carbonyl (C=O) groups excluding carboxylic acids is 1. The number of nitrogens with one attached hydrogen (secondary N) is 2. The van der Waals surface area contributed by atoms with Crippen LogP contribution in [0.1, 0.15) is 30.0 Å². The van der Waals surface area contributed by atoms with Gasteiger partial charge in [0.1, 0.15) is 0 Å². The number of amides is 2. The van der Waals surface area contributed by atoms with E-state index in [0.29, 0.717) is 24.0 Å². The third kappa shape index (κ3) is 5.40. The van der Waals surface area contributed by atoms with Crippen molar-refractivity contribution in [2.75, 3.05) is 32.9 Å². The van der Waals surface area contributed by atoms with Gasteiger partial charge in [-0.1, -0.05) is 12.1 Å². The van der Waals surface area contributed by atoms with Crippen molar-refractivity contribution in [2.45, 2.75) is 32.4 Å². The molecule has 10 heteroatoms. The number of nitrogens with zero attached hydrogens (tertiary/aromatic N) is 5. The lowest BCUT2D eigenvalue weighted by Gasteiger charge is -2.28. The van der Waals surface area contributed by atoms with Crippen LogP contribution in [-0.2, 0) is 6.54 Å². The molecule has 0 bridgehead atoms. The van der Waals surface area contributed by atoms with Gasteiger partial charge >= 0.3 is 6.03 Å². The summed E-state index contributed by atoms with van der Waals surface area (Å²) in [5.74, 6) is 1.05. The number of piperidine rings is 1. The Labute approximate surface area is 193 Å². The van der Waals surface area contributed by atoms with Crippen molar-refractivity contribution in [3.05, 3.63) is 47.9 Å². The number of urea groups is 1. The Hall–Kier alpha value is -3.66. The van der Waals surface area contributed by atoms with Gasteiger partial charge in [-0.25, -0.2) is 14.8 Å². The van der Waals surface area contributed by atoms with Crippen molar-refractivity contribution in [3.8, 4) is 22.9 Å². The van der Waals surface area contributed by atoms with Gasteiger partial charge in [0.2, 0.25) is 0 Å². The molecule has 1 aromatic carbocycles. The lowest BCUT2D eigenvalue weighted by Crippen LogP contribution is -2.32. The fourth-order valence-electron chi connectivity index (χ4n) is 3.86. The summed E-state index contributed by atoms with van der Waals surface area (Å²) in [6, 6.07) is 6.06. The highest BCUT2D eigenvalue weighted by atomic mass is 16.5. The monoisotopic (exact) mass is 450 g/mol. The maximum absolute atomic E-state index is 11.4. The Bertz CT molecular complexity index is 1120. The average molecular weight is 451 g/mol. The number of rotatable bonds is 6. The van der Waals surface area contributed by atoms with E-state index in [-0.39, 0.29) is 17.7 Å². The molecule has 1 aliphatic heterocycles. The maximum atomic E-state index is 11.4. The van der Waals surface area contributed by atoms with E-state index in [4.69, 9.17) is 10.5 Å². The van der Waals surface area contributed by atoms with Gasteiger partial charge in [0, 0.05) is 19.2 Å². The predicted molar refractivity (Wildman–Crippen MR) is 126 cm³/mol. The van der Waals surface area contributed by atoms with Crippen molar-refractivity contribution in [2.24, 2.45) is 0 Å².